The van der Waals surface area contributed by atoms with Crippen molar-refractivity contribution >= 4 is 46.4 Å². The lowest BCUT2D eigenvalue weighted by atomic mass is 9.99. The summed E-state index contributed by atoms with van der Waals surface area (Å²) >= 11 is 5.41. The van der Waals surface area contributed by atoms with Crippen molar-refractivity contribution in [2.45, 2.75) is 33.2 Å². The van der Waals surface area contributed by atoms with E-state index in [0.29, 0.717) is 19.6 Å². The first-order valence-corrected chi connectivity index (χ1v) is 9.31. The molecule has 1 aromatic rings. The van der Waals surface area contributed by atoms with Crippen molar-refractivity contribution in [3.8, 4) is 0 Å². The van der Waals surface area contributed by atoms with Crippen LogP contribution in [-0.4, -0.2) is 42.4 Å². The monoisotopic (exact) mass is 446 g/mol. The van der Waals surface area contributed by atoms with Crippen molar-refractivity contribution < 1.29 is 13.4 Å². The molecule has 1 aliphatic rings. The van der Waals surface area contributed by atoms with E-state index in [2.05, 4.69) is 30.8 Å². The number of halogens is 2. The number of aliphatic imine (C=N–C) groups is 1. The minimum atomic E-state index is -0.491. The molecule has 2 heterocycles. The number of nitrogens with two attached hydrogens (primary N) is 1. The second-order valence-corrected chi connectivity index (χ2v) is 6.70. The summed E-state index contributed by atoms with van der Waals surface area (Å²) in [5.74, 6) is 0.352. The molecule has 2 rings (SSSR count). The first kappa shape index (κ1) is 22.4. The summed E-state index contributed by atoms with van der Waals surface area (Å²) in [7, 11) is 0. The molecule has 1 saturated heterocycles. The molecule has 0 aliphatic carbocycles. The van der Waals surface area contributed by atoms with E-state index in [1.54, 1.807) is 13.1 Å². The Hall–Kier alpha value is -1.61. The van der Waals surface area contributed by atoms with Crippen LogP contribution in [0.1, 0.15) is 27.2 Å². The van der Waals surface area contributed by atoms with Crippen molar-refractivity contribution in [3.05, 3.63) is 34.1 Å². The fourth-order valence-corrected chi connectivity index (χ4v) is 2.76. The summed E-state index contributed by atoms with van der Waals surface area (Å²) in [6.07, 6.45) is 2.47. The lowest BCUT2D eigenvalue weighted by Crippen LogP contribution is -2.39. The lowest BCUT2D eigenvalue weighted by Gasteiger charge is -2.31. The highest BCUT2D eigenvalue weighted by molar-refractivity contribution is 9.10. The van der Waals surface area contributed by atoms with Gasteiger partial charge in [-0.05, 0) is 48.8 Å². The summed E-state index contributed by atoms with van der Waals surface area (Å²) in [6, 6.07) is 4.02. The predicted octanol–water partition coefficient (Wildman–Crippen LogP) is 3.48. The van der Waals surface area contributed by atoms with E-state index in [9.17, 15) is 8.68 Å². The van der Waals surface area contributed by atoms with Crippen LogP contribution in [0.5, 0.6) is 0 Å². The van der Waals surface area contributed by atoms with E-state index in [1.807, 2.05) is 39.0 Å². The van der Waals surface area contributed by atoms with Crippen LogP contribution in [0.3, 0.4) is 0 Å². The van der Waals surface area contributed by atoms with Gasteiger partial charge < -0.3 is 15.4 Å². The smallest absolute Gasteiger partial charge is 0.354 e. The number of anilines is 1. The van der Waals surface area contributed by atoms with E-state index >= 15 is 0 Å². The summed E-state index contributed by atoms with van der Waals surface area (Å²) in [5.41, 5.74) is 7.83. The Kier molecular flexibility index (Phi) is 9.64. The van der Waals surface area contributed by atoms with Crippen molar-refractivity contribution in [1.82, 2.24) is 4.98 Å². The van der Waals surface area contributed by atoms with Gasteiger partial charge in [-0.15, -0.1) is 0 Å². The standard InChI is InChI=1S/C17H23BrN4O2.FHS/c1-4-24-17(23)16(19)13-10-22(8-7-14(13)21-11(2)3)15-6-5-12(18)9-20-15;1-2/h5-6,9,11H,4,7-8,10,19H2,1-3H3;2H/b16-13-,21-14?;. The molecule has 2 N–H and O–H groups in total. The molecule has 1 aliphatic heterocycles. The number of carbonyl (C=O) groups is 1. The van der Waals surface area contributed by atoms with E-state index in [4.69, 9.17) is 10.5 Å². The van der Waals surface area contributed by atoms with Gasteiger partial charge in [0.25, 0.3) is 0 Å². The lowest BCUT2D eigenvalue weighted by molar-refractivity contribution is -0.138. The molecule has 0 unspecified atom stereocenters. The number of nitrogens with zero attached hydrogens (tertiary/aromatic N) is 3. The van der Waals surface area contributed by atoms with Gasteiger partial charge >= 0.3 is 5.97 Å². The summed E-state index contributed by atoms with van der Waals surface area (Å²) < 4.78 is 15.2. The average molecular weight is 447 g/mol. The molecule has 9 heteroatoms. The molecule has 0 aromatic carbocycles. The van der Waals surface area contributed by atoms with Crippen LogP contribution in [0.2, 0.25) is 0 Å². The summed E-state index contributed by atoms with van der Waals surface area (Å²) in [4.78, 5) is 23.2. The molecule has 0 spiro atoms. The van der Waals surface area contributed by atoms with Gasteiger partial charge in [-0.2, -0.15) is 3.89 Å². The van der Waals surface area contributed by atoms with Crippen LogP contribution in [0, 0.1) is 0 Å². The zero-order valence-corrected chi connectivity index (χ0v) is 17.6. The van der Waals surface area contributed by atoms with Crippen LogP contribution >= 0.6 is 28.9 Å². The number of carbonyl (C=O) groups excluding carboxylic acids is 1. The number of thiol groups is 1. The third kappa shape index (κ3) is 6.28. The minimum absolute atomic E-state index is 0.137. The second-order valence-electron chi connectivity index (χ2n) is 5.79. The molecule has 0 bridgehead atoms. The van der Waals surface area contributed by atoms with Crippen LogP contribution in [0.25, 0.3) is 0 Å². The Bertz CT molecular complexity index is 665. The molecule has 6 nitrogen and oxygen atoms in total. The molecule has 0 saturated carbocycles. The minimum Gasteiger partial charge on any atom is -0.461 e. The molecule has 26 heavy (non-hydrogen) atoms. The van der Waals surface area contributed by atoms with Gasteiger partial charge in [-0.1, -0.05) is 0 Å². The molecule has 0 amide bonds. The largest absolute Gasteiger partial charge is 0.461 e. The van der Waals surface area contributed by atoms with Crippen molar-refractivity contribution in [2.75, 3.05) is 24.6 Å². The zero-order chi connectivity index (χ0) is 19.7. The third-order valence-corrected chi connectivity index (χ3v) is 4.06. The van der Waals surface area contributed by atoms with E-state index < -0.39 is 5.97 Å². The van der Waals surface area contributed by atoms with Crippen LogP contribution in [-0.2, 0) is 9.53 Å². The van der Waals surface area contributed by atoms with Crippen LogP contribution < -0.4 is 10.6 Å². The van der Waals surface area contributed by atoms with Crippen molar-refractivity contribution in [2.24, 2.45) is 10.7 Å². The van der Waals surface area contributed by atoms with Crippen molar-refractivity contribution in [3.63, 3.8) is 0 Å². The van der Waals surface area contributed by atoms with Crippen LogP contribution in [0.4, 0.5) is 9.70 Å². The molecular formula is C17H24BrFN4O2S. The van der Waals surface area contributed by atoms with Gasteiger partial charge in [0.1, 0.15) is 11.5 Å². The Morgan fingerprint density at radius 1 is 1.50 bits per heavy atom. The number of esters is 1. The number of piperidine rings is 1. The van der Waals surface area contributed by atoms with Gasteiger partial charge in [-0.3, -0.25) is 4.99 Å². The third-order valence-electron chi connectivity index (χ3n) is 3.59. The van der Waals surface area contributed by atoms with Gasteiger partial charge in [0.15, 0.2) is 0 Å². The fraction of sp³-hybridized carbons (Fsp3) is 0.471. The normalized spacial score (nSPS) is 17.7. The van der Waals surface area contributed by atoms with Gasteiger partial charge in [0.05, 0.1) is 6.61 Å². The van der Waals surface area contributed by atoms with E-state index in [-0.39, 0.29) is 11.7 Å². The van der Waals surface area contributed by atoms with Gasteiger partial charge in [0, 0.05) is 60.5 Å². The molecule has 0 radical (unpaired) electrons. The Morgan fingerprint density at radius 3 is 2.73 bits per heavy atom. The number of pyridine rings is 1. The predicted molar refractivity (Wildman–Crippen MR) is 109 cm³/mol. The highest BCUT2D eigenvalue weighted by atomic mass is 79.9. The quantitative estimate of drug-likeness (QED) is 0.420. The Balaban J connectivity index is 0.00000163. The zero-order valence-electron chi connectivity index (χ0n) is 15.1. The van der Waals surface area contributed by atoms with Gasteiger partial charge in [-0.25, -0.2) is 9.78 Å². The van der Waals surface area contributed by atoms with Gasteiger partial charge in [0.2, 0.25) is 0 Å². The van der Waals surface area contributed by atoms with E-state index in [1.165, 1.54) is 0 Å². The number of hydrogen-bond acceptors (Lipinski definition) is 7. The SMILES string of the molecule is CCOC(=O)/C(N)=C1\CN(c2ccc(Br)cn2)CCC1=NC(C)C.FS. The maximum Gasteiger partial charge on any atom is 0.354 e. The van der Waals surface area contributed by atoms with E-state index in [0.717, 1.165) is 28.1 Å². The maximum absolute atomic E-state index is 12.1. The Morgan fingerprint density at radius 2 is 2.19 bits per heavy atom. The first-order valence-electron chi connectivity index (χ1n) is 8.18. The maximum atomic E-state index is 12.1. The molecule has 1 aromatic heterocycles. The number of ether oxygens (including phenoxy) is 1. The van der Waals surface area contributed by atoms with Crippen molar-refractivity contribution in [1.29, 1.82) is 0 Å². The molecular weight excluding hydrogens is 423 g/mol. The number of rotatable bonds is 4. The summed E-state index contributed by atoms with van der Waals surface area (Å²) in [6.45, 7) is 7.34. The molecule has 0 atom stereocenters. The topological polar surface area (TPSA) is 80.8 Å². The second kappa shape index (κ2) is 11.2. The average Bonchev–Trinajstić information content (AvgIpc) is 2.63. The van der Waals surface area contributed by atoms with Crippen LogP contribution in [0.15, 0.2) is 39.1 Å². The molecule has 1 fully saturated rings. The highest BCUT2D eigenvalue weighted by Crippen LogP contribution is 2.23. The highest BCUT2D eigenvalue weighted by Gasteiger charge is 2.26. The Labute approximate surface area is 167 Å². The summed E-state index contributed by atoms with van der Waals surface area (Å²) in [5, 5.41) is 0. The fourth-order valence-electron chi connectivity index (χ4n) is 2.53. The first-order chi connectivity index (χ1) is 12.4. The molecule has 144 valence electrons. The number of hydrogen-bond donors (Lipinski definition) is 2. The number of aromatic nitrogens is 1.